The number of hydrogen-bond donors (Lipinski definition) is 2. The summed E-state index contributed by atoms with van der Waals surface area (Å²) in [5.74, 6) is -0.923. The molecule has 0 radical (unpaired) electrons. The van der Waals surface area contributed by atoms with Crippen molar-refractivity contribution in [1.29, 1.82) is 0 Å². The molecule has 1 aromatic carbocycles. The molecule has 1 heterocycles. The normalized spacial score (nSPS) is 21.7. The minimum Gasteiger partial charge on any atom is -0.503 e. The molecule has 2 rings (SSSR count). The molecule has 2 N–H and O–H groups in total. The predicted molar refractivity (Wildman–Crippen MR) is 79.6 cm³/mol. The molecule has 0 bridgehead atoms. The number of benzene rings is 1. The molecule has 21 heavy (non-hydrogen) atoms. The van der Waals surface area contributed by atoms with Crippen molar-refractivity contribution >= 4 is 21.9 Å². The highest BCUT2D eigenvalue weighted by Crippen LogP contribution is 2.35. The van der Waals surface area contributed by atoms with Gasteiger partial charge in [0.1, 0.15) is 0 Å². The quantitative estimate of drug-likeness (QED) is 0.832. The van der Waals surface area contributed by atoms with Crippen molar-refractivity contribution in [3.63, 3.8) is 0 Å². The van der Waals surface area contributed by atoms with Gasteiger partial charge in [0, 0.05) is 12.6 Å². The van der Waals surface area contributed by atoms with Gasteiger partial charge in [-0.3, -0.25) is 9.69 Å². The van der Waals surface area contributed by atoms with Crippen LogP contribution in [0, 0.1) is 5.92 Å². The van der Waals surface area contributed by atoms with E-state index in [0.29, 0.717) is 23.4 Å². The van der Waals surface area contributed by atoms with Gasteiger partial charge in [-0.05, 0) is 40.7 Å². The van der Waals surface area contributed by atoms with Crippen LogP contribution in [0.2, 0.25) is 0 Å². The number of carbonyl (C=O) groups is 1. The zero-order valence-corrected chi connectivity index (χ0v) is 13.5. The Balaban J connectivity index is 2.14. The van der Waals surface area contributed by atoms with E-state index in [-0.39, 0.29) is 18.4 Å². The van der Waals surface area contributed by atoms with Crippen LogP contribution in [0.4, 0.5) is 0 Å². The van der Waals surface area contributed by atoms with Crippen LogP contribution in [0.25, 0.3) is 0 Å². The van der Waals surface area contributed by atoms with Gasteiger partial charge in [-0.15, -0.1) is 0 Å². The Kier molecular flexibility index (Phi) is 5.08. The molecule has 7 heteroatoms. The molecule has 6 nitrogen and oxygen atoms in total. The molecular weight excluding hydrogens is 342 g/mol. The highest BCUT2D eigenvalue weighted by Gasteiger charge is 2.36. The summed E-state index contributed by atoms with van der Waals surface area (Å²) in [5.41, 5.74) is 0.912. The molecule has 1 fully saturated rings. The summed E-state index contributed by atoms with van der Waals surface area (Å²) in [6, 6.07) is 3.36. The second-order valence-corrected chi connectivity index (χ2v) is 5.95. The predicted octanol–water partition coefficient (Wildman–Crippen LogP) is 1.69. The maximum atomic E-state index is 11.2. The number of carboxylic acids is 1. The summed E-state index contributed by atoms with van der Waals surface area (Å²) in [6.45, 7) is 1.18. The van der Waals surface area contributed by atoms with E-state index >= 15 is 0 Å². The minimum absolute atomic E-state index is 0.0523. The minimum atomic E-state index is -0.839. The van der Waals surface area contributed by atoms with Crippen LogP contribution in [-0.2, 0) is 16.1 Å². The van der Waals surface area contributed by atoms with E-state index in [2.05, 4.69) is 15.9 Å². The Bertz CT molecular complexity index is 536. The van der Waals surface area contributed by atoms with Crippen molar-refractivity contribution < 1.29 is 24.5 Å². The summed E-state index contributed by atoms with van der Waals surface area (Å²) in [4.78, 5) is 13.1. The molecule has 1 aromatic rings. The Hall–Kier alpha value is -1.31. The van der Waals surface area contributed by atoms with E-state index in [1.807, 2.05) is 11.9 Å². The van der Waals surface area contributed by atoms with Gasteiger partial charge < -0.3 is 19.7 Å². The number of phenolic OH excluding ortho intramolecular Hbond substituents is 1. The number of carboxylic acid groups (broad SMARTS) is 1. The highest BCUT2D eigenvalue weighted by atomic mass is 79.9. The zero-order valence-electron chi connectivity index (χ0n) is 11.9. The van der Waals surface area contributed by atoms with E-state index in [4.69, 9.17) is 9.47 Å². The first-order valence-corrected chi connectivity index (χ1v) is 7.29. The Morgan fingerprint density at radius 2 is 2.24 bits per heavy atom. The third-order valence-electron chi connectivity index (χ3n) is 3.67. The molecule has 1 aliphatic rings. The van der Waals surface area contributed by atoms with Crippen LogP contribution in [0.3, 0.4) is 0 Å². The monoisotopic (exact) mass is 359 g/mol. The maximum absolute atomic E-state index is 11.2. The van der Waals surface area contributed by atoms with E-state index < -0.39 is 11.9 Å². The Morgan fingerprint density at radius 1 is 1.52 bits per heavy atom. The van der Waals surface area contributed by atoms with Crippen LogP contribution in [-0.4, -0.2) is 54.5 Å². The van der Waals surface area contributed by atoms with Crippen LogP contribution >= 0.6 is 15.9 Å². The first-order valence-electron chi connectivity index (χ1n) is 6.50. The number of aliphatic carboxylic acids is 1. The molecule has 0 spiro atoms. The standard InChI is InChI=1S/C14H18BrNO5/c1-16(11-7-21-6-9(11)14(18)19)5-8-3-10(15)13(17)12(4-8)20-2/h3-4,9,11,17H,5-7H2,1-2H3,(H,18,19). The third kappa shape index (κ3) is 3.48. The number of likely N-dealkylation sites (N-methyl/N-ethyl adjacent to an activating group) is 1. The first kappa shape index (κ1) is 16.1. The van der Waals surface area contributed by atoms with Crippen LogP contribution < -0.4 is 4.74 Å². The second kappa shape index (κ2) is 6.64. The van der Waals surface area contributed by atoms with Crippen molar-refractivity contribution in [3.05, 3.63) is 22.2 Å². The topological polar surface area (TPSA) is 79.2 Å². The average molecular weight is 360 g/mol. The van der Waals surface area contributed by atoms with Gasteiger partial charge in [0.05, 0.1) is 30.7 Å². The summed E-state index contributed by atoms with van der Waals surface area (Å²) in [7, 11) is 3.35. The van der Waals surface area contributed by atoms with Crippen molar-refractivity contribution in [1.82, 2.24) is 4.90 Å². The molecular formula is C14H18BrNO5. The van der Waals surface area contributed by atoms with E-state index in [0.717, 1.165) is 5.56 Å². The van der Waals surface area contributed by atoms with Gasteiger partial charge in [0.25, 0.3) is 0 Å². The van der Waals surface area contributed by atoms with Gasteiger partial charge in [0.15, 0.2) is 11.5 Å². The SMILES string of the molecule is COc1cc(CN(C)C2COCC2C(=O)O)cc(Br)c1O. The van der Waals surface area contributed by atoms with E-state index in [9.17, 15) is 15.0 Å². The fourth-order valence-corrected chi connectivity index (χ4v) is 2.98. The summed E-state index contributed by atoms with van der Waals surface area (Å²) < 4.78 is 10.9. The van der Waals surface area contributed by atoms with Crippen LogP contribution in [0.1, 0.15) is 5.56 Å². The molecule has 0 aliphatic carbocycles. The number of nitrogens with zero attached hydrogens (tertiary/aromatic N) is 1. The average Bonchev–Trinajstić information content (AvgIpc) is 2.92. The Morgan fingerprint density at radius 3 is 2.86 bits per heavy atom. The molecule has 1 aliphatic heterocycles. The number of rotatable bonds is 5. The highest BCUT2D eigenvalue weighted by molar-refractivity contribution is 9.10. The lowest BCUT2D eigenvalue weighted by Gasteiger charge is -2.26. The molecule has 1 saturated heterocycles. The summed E-state index contributed by atoms with van der Waals surface area (Å²) in [6.07, 6.45) is 0. The largest absolute Gasteiger partial charge is 0.503 e. The van der Waals surface area contributed by atoms with Crippen molar-refractivity contribution in [3.8, 4) is 11.5 Å². The van der Waals surface area contributed by atoms with Gasteiger partial charge >= 0.3 is 5.97 Å². The van der Waals surface area contributed by atoms with Crippen molar-refractivity contribution in [2.75, 3.05) is 27.4 Å². The number of methoxy groups -OCH3 is 1. The van der Waals surface area contributed by atoms with Gasteiger partial charge in [-0.1, -0.05) is 0 Å². The van der Waals surface area contributed by atoms with Gasteiger partial charge in [0.2, 0.25) is 0 Å². The van der Waals surface area contributed by atoms with Gasteiger partial charge in [-0.2, -0.15) is 0 Å². The number of hydrogen-bond acceptors (Lipinski definition) is 5. The van der Waals surface area contributed by atoms with Gasteiger partial charge in [-0.25, -0.2) is 0 Å². The zero-order chi connectivity index (χ0) is 15.6. The second-order valence-electron chi connectivity index (χ2n) is 5.09. The fourth-order valence-electron chi connectivity index (χ4n) is 2.49. The van der Waals surface area contributed by atoms with Crippen LogP contribution in [0.15, 0.2) is 16.6 Å². The lowest BCUT2D eigenvalue weighted by Crippen LogP contribution is -2.40. The smallest absolute Gasteiger partial charge is 0.310 e. The van der Waals surface area contributed by atoms with Crippen LogP contribution in [0.5, 0.6) is 11.5 Å². The molecule has 2 unspecified atom stereocenters. The Labute approximate surface area is 131 Å². The molecule has 0 saturated carbocycles. The summed E-state index contributed by atoms with van der Waals surface area (Å²) in [5, 5.41) is 19.0. The lowest BCUT2D eigenvalue weighted by atomic mass is 10.0. The fraction of sp³-hybridized carbons (Fsp3) is 0.500. The van der Waals surface area contributed by atoms with Crippen molar-refractivity contribution in [2.24, 2.45) is 5.92 Å². The number of aromatic hydroxyl groups is 1. The summed E-state index contributed by atoms with van der Waals surface area (Å²) >= 11 is 3.28. The molecule has 2 atom stereocenters. The number of halogens is 1. The number of ether oxygens (including phenoxy) is 2. The third-order valence-corrected chi connectivity index (χ3v) is 4.28. The first-order chi connectivity index (χ1) is 9.93. The maximum Gasteiger partial charge on any atom is 0.310 e. The van der Waals surface area contributed by atoms with Crippen molar-refractivity contribution in [2.45, 2.75) is 12.6 Å². The molecule has 0 amide bonds. The van der Waals surface area contributed by atoms with E-state index in [1.165, 1.54) is 7.11 Å². The molecule has 0 aromatic heterocycles. The number of phenols is 1. The van der Waals surface area contributed by atoms with E-state index in [1.54, 1.807) is 12.1 Å². The lowest BCUT2D eigenvalue weighted by molar-refractivity contribution is -0.143. The molecule has 116 valence electrons.